The Balaban J connectivity index is 1.72. The first kappa shape index (κ1) is 14.6. The summed E-state index contributed by atoms with van der Waals surface area (Å²) in [6.45, 7) is 3.43. The zero-order chi connectivity index (χ0) is 15.4. The van der Waals surface area contributed by atoms with E-state index in [1.807, 2.05) is 54.3 Å². The third-order valence-corrected chi connectivity index (χ3v) is 4.00. The molecule has 22 heavy (non-hydrogen) atoms. The molecule has 1 amide bonds. The van der Waals surface area contributed by atoms with Crippen LogP contribution in [0, 0.1) is 0 Å². The first-order valence-corrected chi connectivity index (χ1v) is 7.88. The summed E-state index contributed by atoms with van der Waals surface area (Å²) in [5, 5.41) is 0. The van der Waals surface area contributed by atoms with Gasteiger partial charge in [0.1, 0.15) is 5.75 Å². The first-order valence-electron chi connectivity index (χ1n) is 7.88. The van der Waals surface area contributed by atoms with Crippen LogP contribution in [0.4, 0.5) is 5.69 Å². The van der Waals surface area contributed by atoms with Crippen molar-refractivity contribution in [3.8, 4) is 5.75 Å². The summed E-state index contributed by atoms with van der Waals surface area (Å²) in [5.74, 6) is 1.01. The average Bonchev–Trinajstić information content (AvgIpc) is 2.56. The van der Waals surface area contributed by atoms with Crippen molar-refractivity contribution >= 4 is 11.6 Å². The van der Waals surface area contributed by atoms with Crippen molar-refractivity contribution in [2.75, 3.05) is 18.1 Å². The number of nitrogens with zero attached hydrogens (tertiary/aromatic N) is 1. The lowest BCUT2D eigenvalue weighted by molar-refractivity contribution is -0.118. The van der Waals surface area contributed by atoms with Crippen molar-refractivity contribution in [3.05, 3.63) is 59.7 Å². The SMILES string of the molecule is CCOc1ccc(CC(=O)N2CCCc3ccccc32)cc1. The highest BCUT2D eigenvalue weighted by molar-refractivity contribution is 5.95. The molecule has 2 aromatic rings. The number of aryl methyl sites for hydroxylation is 1. The van der Waals surface area contributed by atoms with Gasteiger partial charge in [0, 0.05) is 12.2 Å². The number of hydrogen-bond donors (Lipinski definition) is 0. The average molecular weight is 295 g/mol. The molecule has 1 aliphatic rings. The summed E-state index contributed by atoms with van der Waals surface area (Å²) >= 11 is 0. The number of fused-ring (bicyclic) bond motifs is 1. The van der Waals surface area contributed by atoms with Crippen molar-refractivity contribution in [1.29, 1.82) is 0 Å². The number of amides is 1. The van der Waals surface area contributed by atoms with Gasteiger partial charge in [-0.25, -0.2) is 0 Å². The molecule has 114 valence electrons. The van der Waals surface area contributed by atoms with E-state index in [4.69, 9.17) is 4.74 Å². The molecular formula is C19H21NO2. The molecule has 3 rings (SSSR count). The number of ether oxygens (including phenoxy) is 1. The Labute approximate surface area is 131 Å². The Morgan fingerprint density at radius 2 is 1.91 bits per heavy atom. The number of rotatable bonds is 4. The van der Waals surface area contributed by atoms with E-state index < -0.39 is 0 Å². The number of carbonyl (C=O) groups excluding carboxylic acids is 1. The number of hydrogen-bond acceptors (Lipinski definition) is 2. The standard InChI is InChI=1S/C19H21NO2/c1-2-22-17-11-9-15(10-12-17)14-19(21)20-13-5-7-16-6-3-4-8-18(16)20/h3-4,6,8-12H,2,5,7,13-14H2,1H3. The molecule has 0 unspecified atom stereocenters. The Bertz CT molecular complexity index is 649. The molecule has 0 bridgehead atoms. The topological polar surface area (TPSA) is 29.5 Å². The van der Waals surface area contributed by atoms with Crippen LogP contribution in [-0.2, 0) is 17.6 Å². The quantitative estimate of drug-likeness (QED) is 0.862. The van der Waals surface area contributed by atoms with Gasteiger partial charge >= 0.3 is 0 Å². The van der Waals surface area contributed by atoms with Gasteiger partial charge < -0.3 is 9.64 Å². The second kappa shape index (κ2) is 6.65. The third kappa shape index (κ3) is 3.14. The molecule has 0 radical (unpaired) electrons. The molecule has 3 nitrogen and oxygen atoms in total. The molecule has 0 aromatic heterocycles. The van der Waals surface area contributed by atoms with E-state index >= 15 is 0 Å². The molecule has 0 aliphatic carbocycles. The molecule has 3 heteroatoms. The van der Waals surface area contributed by atoms with E-state index in [2.05, 4.69) is 6.07 Å². The highest BCUT2D eigenvalue weighted by atomic mass is 16.5. The molecule has 0 spiro atoms. The lowest BCUT2D eigenvalue weighted by Gasteiger charge is -2.29. The summed E-state index contributed by atoms with van der Waals surface area (Å²) in [5.41, 5.74) is 3.37. The van der Waals surface area contributed by atoms with E-state index in [-0.39, 0.29) is 5.91 Å². The zero-order valence-corrected chi connectivity index (χ0v) is 12.9. The highest BCUT2D eigenvalue weighted by Gasteiger charge is 2.21. The van der Waals surface area contributed by atoms with E-state index in [1.165, 1.54) is 5.56 Å². The lowest BCUT2D eigenvalue weighted by atomic mass is 10.0. The van der Waals surface area contributed by atoms with Crippen LogP contribution in [0.1, 0.15) is 24.5 Å². The molecular weight excluding hydrogens is 274 g/mol. The largest absolute Gasteiger partial charge is 0.494 e. The molecule has 0 fully saturated rings. The predicted octanol–water partition coefficient (Wildman–Crippen LogP) is 3.61. The summed E-state index contributed by atoms with van der Waals surface area (Å²) in [6, 6.07) is 16.0. The molecule has 1 aliphatic heterocycles. The molecule has 0 saturated heterocycles. The van der Waals surface area contributed by atoms with Gasteiger partial charge in [0.05, 0.1) is 13.0 Å². The normalized spacial score (nSPS) is 13.6. The smallest absolute Gasteiger partial charge is 0.231 e. The predicted molar refractivity (Wildman–Crippen MR) is 88.4 cm³/mol. The Hall–Kier alpha value is -2.29. The third-order valence-electron chi connectivity index (χ3n) is 4.00. The number of benzene rings is 2. The van der Waals surface area contributed by atoms with Gasteiger partial charge in [-0.2, -0.15) is 0 Å². The minimum absolute atomic E-state index is 0.163. The van der Waals surface area contributed by atoms with Crippen LogP contribution in [0.2, 0.25) is 0 Å². The Kier molecular flexibility index (Phi) is 4.42. The monoisotopic (exact) mass is 295 g/mol. The first-order chi connectivity index (χ1) is 10.8. The minimum Gasteiger partial charge on any atom is -0.494 e. The summed E-state index contributed by atoms with van der Waals surface area (Å²) in [4.78, 5) is 14.6. The van der Waals surface area contributed by atoms with Gasteiger partial charge in [-0.05, 0) is 49.1 Å². The van der Waals surface area contributed by atoms with E-state index in [0.717, 1.165) is 36.4 Å². The second-order valence-corrected chi connectivity index (χ2v) is 5.53. The second-order valence-electron chi connectivity index (χ2n) is 5.53. The van der Waals surface area contributed by atoms with Gasteiger partial charge in [-0.3, -0.25) is 4.79 Å². The van der Waals surface area contributed by atoms with Gasteiger partial charge in [0.15, 0.2) is 0 Å². The fraction of sp³-hybridized carbons (Fsp3) is 0.316. The van der Waals surface area contributed by atoms with Crippen LogP contribution >= 0.6 is 0 Å². The van der Waals surface area contributed by atoms with Crippen molar-refractivity contribution in [2.45, 2.75) is 26.2 Å². The summed E-state index contributed by atoms with van der Waals surface area (Å²) in [7, 11) is 0. The van der Waals surface area contributed by atoms with E-state index in [1.54, 1.807) is 0 Å². The number of para-hydroxylation sites is 1. The molecule has 2 aromatic carbocycles. The van der Waals surface area contributed by atoms with Crippen LogP contribution < -0.4 is 9.64 Å². The van der Waals surface area contributed by atoms with Crippen molar-refractivity contribution in [2.24, 2.45) is 0 Å². The Morgan fingerprint density at radius 1 is 1.14 bits per heavy atom. The highest BCUT2D eigenvalue weighted by Crippen LogP contribution is 2.27. The molecule has 0 saturated carbocycles. The van der Waals surface area contributed by atoms with Crippen molar-refractivity contribution in [3.63, 3.8) is 0 Å². The maximum Gasteiger partial charge on any atom is 0.231 e. The fourth-order valence-electron chi connectivity index (χ4n) is 2.93. The minimum atomic E-state index is 0.163. The van der Waals surface area contributed by atoms with Crippen LogP contribution in [0.5, 0.6) is 5.75 Å². The summed E-state index contributed by atoms with van der Waals surface area (Å²) in [6.07, 6.45) is 2.52. The van der Waals surface area contributed by atoms with Crippen LogP contribution in [-0.4, -0.2) is 19.1 Å². The number of carbonyl (C=O) groups is 1. The molecule has 0 atom stereocenters. The summed E-state index contributed by atoms with van der Waals surface area (Å²) < 4.78 is 5.43. The van der Waals surface area contributed by atoms with E-state index in [0.29, 0.717) is 13.0 Å². The fourth-order valence-corrected chi connectivity index (χ4v) is 2.93. The number of anilines is 1. The van der Waals surface area contributed by atoms with Crippen LogP contribution in [0.3, 0.4) is 0 Å². The van der Waals surface area contributed by atoms with Gasteiger partial charge in [-0.15, -0.1) is 0 Å². The van der Waals surface area contributed by atoms with E-state index in [9.17, 15) is 4.79 Å². The maximum absolute atomic E-state index is 12.6. The zero-order valence-electron chi connectivity index (χ0n) is 12.9. The molecule has 1 heterocycles. The van der Waals surface area contributed by atoms with Gasteiger partial charge in [0.2, 0.25) is 5.91 Å². The van der Waals surface area contributed by atoms with Gasteiger partial charge in [0.25, 0.3) is 0 Å². The maximum atomic E-state index is 12.6. The van der Waals surface area contributed by atoms with Crippen molar-refractivity contribution < 1.29 is 9.53 Å². The molecule has 0 N–H and O–H groups in total. The van der Waals surface area contributed by atoms with Crippen molar-refractivity contribution in [1.82, 2.24) is 0 Å². The Morgan fingerprint density at radius 3 is 2.68 bits per heavy atom. The van der Waals surface area contributed by atoms with Crippen LogP contribution in [0.15, 0.2) is 48.5 Å². The lowest BCUT2D eigenvalue weighted by Crippen LogP contribution is -2.36. The van der Waals surface area contributed by atoms with Crippen LogP contribution in [0.25, 0.3) is 0 Å². The van der Waals surface area contributed by atoms with Gasteiger partial charge in [-0.1, -0.05) is 30.3 Å².